The van der Waals surface area contributed by atoms with Crippen molar-refractivity contribution in [2.45, 2.75) is 6.92 Å². The maximum Gasteiger partial charge on any atom is 0.288 e. The summed E-state index contributed by atoms with van der Waals surface area (Å²) in [5, 5.41) is 6.13. The second-order valence-electron chi connectivity index (χ2n) is 5.08. The van der Waals surface area contributed by atoms with Crippen LogP contribution >= 0.6 is 11.8 Å². The number of benzene rings is 1. The second kappa shape index (κ2) is 6.83. The van der Waals surface area contributed by atoms with Gasteiger partial charge in [0.1, 0.15) is 0 Å². The van der Waals surface area contributed by atoms with Crippen LogP contribution < -0.4 is 5.32 Å². The van der Waals surface area contributed by atoms with E-state index in [2.05, 4.69) is 15.5 Å². The number of nitrogens with zero attached hydrogens (tertiary/aromatic N) is 3. The SMILES string of the molecule is Cc1noc(-c2ccc(C(=O)NCCN3C(=O)CSC3=O)cc2)n1. The fourth-order valence-electron chi connectivity index (χ4n) is 2.16. The summed E-state index contributed by atoms with van der Waals surface area (Å²) in [5.74, 6) is 0.594. The van der Waals surface area contributed by atoms with Crippen LogP contribution in [0.1, 0.15) is 16.2 Å². The van der Waals surface area contributed by atoms with Gasteiger partial charge in [-0.05, 0) is 31.2 Å². The molecule has 0 radical (unpaired) electrons. The van der Waals surface area contributed by atoms with Crippen molar-refractivity contribution in [1.29, 1.82) is 0 Å². The summed E-state index contributed by atoms with van der Waals surface area (Å²) in [6, 6.07) is 6.72. The molecule has 0 bridgehead atoms. The number of amides is 3. The Bertz CT molecular complexity index is 771. The third-order valence-corrected chi connectivity index (χ3v) is 4.24. The van der Waals surface area contributed by atoms with E-state index in [-0.39, 0.29) is 35.9 Å². The Hall–Kier alpha value is -2.68. The number of aromatic nitrogens is 2. The first-order valence-electron chi connectivity index (χ1n) is 7.20. The van der Waals surface area contributed by atoms with Gasteiger partial charge in [0.15, 0.2) is 5.82 Å². The van der Waals surface area contributed by atoms with Crippen LogP contribution in [0.15, 0.2) is 28.8 Å². The highest BCUT2D eigenvalue weighted by Crippen LogP contribution is 2.18. The van der Waals surface area contributed by atoms with Crippen molar-refractivity contribution < 1.29 is 18.9 Å². The molecule has 2 heterocycles. The molecule has 24 heavy (non-hydrogen) atoms. The van der Waals surface area contributed by atoms with Crippen molar-refractivity contribution in [2.75, 3.05) is 18.8 Å². The lowest BCUT2D eigenvalue weighted by Crippen LogP contribution is -2.37. The molecule has 1 aromatic heterocycles. The van der Waals surface area contributed by atoms with E-state index in [4.69, 9.17) is 4.52 Å². The molecule has 1 N–H and O–H groups in total. The van der Waals surface area contributed by atoms with E-state index < -0.39 is 0 Å². The molecule has 1 saturated heterocycles. The summed E-state index contributed by atoms with van der Waals surface area (Å²) in [6.07, 6.45) is 0. The van der Waals surface area contributed by atoms with E-state index in [1.165, 1.54) is 0 Å². The molecular weight excluding hydrogens is 332 g/mol. The molecule has 1 aliphatic heterocycles. The molecule has 124 valence electrons. The summed E-state index contributed by atoms with van der Waals surface area (Å²) in [7, 11) is 0. The molecule has 9 heteroatoms. The maximum atomic E-state index is 12.1. The zero-order valence-electron chi connectivity index (χ0n) is 12.8. The van der Waals surface area contributed by atoms with Crippen LogP contribution in [0.4, 0.5) is 4.79 Å². The van der Waals surface area contributed by atoms with Crippen molar-refractivity contribution in [3.63, 3.8) is 0 Å². The number of hydrogen-bond acceptors (Lipinski definition) is 7. The molecular formula is C15H14N4O4S. The highest BCUT2D eigenvalue weighted by Gasteiger charge is 2.29. The normalized spacial score (nSPS) is 14.3. The van der Waals surface area contributed by atoms with Gasteiger partial charge in [0.05, 0.1) is 5.75 Å². The predicted octanol–water partition coefficient (Wildman–Crippen LogP) is 1.47. The zero-order valence-corrected chi connectivity index (χ0v) is 13.6. The van der Waals surface area contributed by atoms with E-state index in [1.54, 1.807) is 31.2 Å². The number of carbonyl (C=O) groups excluding carboxylic acids is 3. The van der Waals surface area contributed by atoms with Gasteiger partial charge in [0.25, 0.3) is 17.0 Å². The van der Waals surface area contributed by atoms with Crippen LogP contribution in [-0.2, 0) is 4.79 Å². The Morgan fingerprint density at radius 3 is 2.67 bits per heavy atom. The van der Waals surface area contributed by atoms with Gasteiger partial charge in [-0.15, -0.1) is 0 Å². The average Bonchev–Trinajstić information content (AvgIpc) is 3.15. The Morgan fingerprint density at radius 2 is 2.08 bits per heavy atom. The van der Waals surface area contributed by atoms with Gasteiger partial charge in [-0.1, -0.05) is 16.9 Å². The summed E-state index contributed by atoms with van der Waals surface area (Å²) < 4.78 is 5.06. The molecule has 8 nitrogen and oxygen atoms in total. The molecule has 1 fully saturated rings. The number of rotatable bonds is 5. The van der Waals surface area contributed by atoms with Gasteiger partial charge in [-0.2, -0.15) is 4.98 Å². The van der Waals surface area contributed by atoms with Gasteiger partial charge >= 0.3 is 0 Å². The lowest BCUT2D eigenvalue weighted by molar-refractivity contribution is -0.124. The van der Waals surface area contributed by atoms with Crippen LogP contribution in [-0.4, -0.2) is 50.9 Å². The first-order chi connectivity index (χ1) is 11.5. The molecule has 0 saturated carbocycles. The minimum atomic E-state index is -0.282. The van der Waals surface area contributed by atoms with Crippen molar-refractivity contribution in [1.82, 2.24) is 20.4 Å². The van der Waals surface area contributed by atoms with E-state index in [0.29, 0.717) is 17.3 Å². The minimum Gasteiger partial charge on any atom is -0.350 e. The second-order valence-corrected chi connectivity index (χ2v) is 6.01. The van der Waals surface area contributed by atoms with Gasteiger partial charge < -0.3 is 9.84 Å². The van der Waals surface area contributed by atoms with Crippen molar-refractivity contribution in [2.24, 2.45) is 0 Å². The molecule has 1 aromatic carbocycles. The summed E-state index contributed by atoms with van der Waals surface area (Å²) >= 11 is 0.975. The first-order valence-corrected chi connectivity index (χ1v) is 8.19. The van der Waals surface area contributed by atoms with E-state index in [9.17, 15) is 14.4 Å². The summed E-state index contributed by atoms with van der Waals surface area (Å²) in [5.41, 5.74) is 1.18. The topological polar surface area (TPSA) is 105 Å². The van der Waals surface area contributed by atoms with E-state index in [1.807, 2.05) is 0 Å². The van der Waals surface area contributed by atoms with Crippen molar-refractivity contribution in [3.8, 4) is 11.5 Å². The van der Waals surface area contributed by atoms with Crippen LogP contribution in [0.2, 0.25) is 0 Å². The van der Waals surface area contributed by atoms with Gasteiger partial charge in [0.2, 0.25) is 5.91 Å². The van der Waals surface area contributed by atoms with Gasteiger partial charge in [-0.3, -0.25) is 19.3 Å². The highest BCUT2D eigenvalue weighted by molar-refractivity contribution is 8.14. The molecule has 3 amide bonds. The fraction of sp³-hybridized carbons (Fsp3) is 0.267. The lowest BCUT2D eigenvalue weighted by Gasteiger charge is -2.13. The van der Waals surface area contributed by atoms with Gasteiger partial charge in [0, 0.05) is 24.2 Å². The van der Waals surface area contributed by atoms with E-state index >= 15 is 0 Å². The number of imide groups is 1. The highest BCUT2D eigenvalue weighted by atomic mass is 32.2. The smallest absolute Gasteiger partial charge is 0.288 e. The van der Waals surface area contributed by atoms with Crippen molar-refractivity contribution in [3.05, 3.63) is 35.7 Å². The Labute approximate surface area is 141 Å². The fourth-order valence-corrected chi connectivity index (χ4v) is 2.91. The molecule has 2 aromatic rings. The first kappa shape index (κ1) is 16.2. The Morgan fingerprint density at radius 1 is 1.33 bits per heavy atom. The Balaban J connectivity index is 1.55. The molecule has 0 aliphatic carbocycles. The number of nitrogens with one attached hydrogen (secondary N) is 1. The molecule has 0 spiro atoms. The zero-order chi connectivity index (χ0) is 17.1. The molecule has 0 atom stereocenters. The summed E-state index contributed by atoms with van der Waals surface area (Å²) in [6.45, 7) is 2.11. The average molecular weight is 346 g/mol. The van der Waals surface area contributed by atoms with Crippen molar-refractivity contribution >= 4 is 28.8 Å². The molecule has 1 aliphatic rings. The molecule has 0 unspecified atom stereocenters. The quantitative estimate of drug-likeness (QED) is 0.874. The lowest BCUT2D eigenvalue weighted by atomic mass is 10.1. The van der Waals surface area contributed by atoms with Crippen LogP contribution in [0.3, 0.4) is 0 Å². The van der Waals surface area contributed by atoms with Crippen LogP contribution in [0.5, 0.6) is 0 Å². The van der Waals surface area contributed by atoms with Crippen LogP contribution in [0, 0.1) is 6.92 Å². The molecule has 3 rings (SSSR count). The predicted molar refractivity (Wildman–Crippen MR) is 86.4 cm³/mol. The minimum absolute atomic E-state index is 0.170. The Kier molecular flexibility index (Phi) is 4.61. The monoisotopic (exact) mass is 346 g/mol. The third-order valence-electron chi connectivity index (χ3n) is 3.38. The maximum absolute atomic E-state index is 12.1. The number of thioether (sulfide) groups is 1. The largest absolute Gasteiger partial charge is 0.350 e. The summed E-state index contributed by atoms with van der Waals surface area (Å²) in [4.78, 5) is 40.2. The number of hydrogen-bond donors (Lipinski definition) is 1. The van der Waals surface area contributed by atoms with E-state index in [0.717, 1.165) is 22.2 Å². The third kappa shape index (κ3) is 3.46. The van der Waals surface area contributed by atoms with Crippen LogP contribution in [0.25, 0.3) is 11.5 Å². The number of carbonyl (C=O) groups is 3. The number of aryl methyl sites for hydroxylation is 1. The standard InChI is InChI=1S/C15H14N4O4S/c1-9-17-14(23-18-9)11-4-2-10(3-5-11)13(21)16-6-7-19-12(20)8-24-15(19)22/h2-5H,6-8H2,1H3,(H,16,21). The van der Waals surface area contributed by atoms with Gasteiger partial charge in [-0.25, -0.2) is 0 Å².